The summed E-state index contributed by atoms with van der Waals surface area (Å²) in [6.07, 6.45) is 0. The molecule has 0 saturated carbocycles. The number of carbonyl (C=O) groups is 1. The van der Waals surface area contributed by atoms with Crippen LogP contribution in [0.4, 0.5) is 0 Å². The van der Waals surface area contributed by atoms with Crippen LogP contribution in [-0.2, 0) is 0 Å². The lowest BCUT2D eigenvalue weighted by Gasteiger charge is -2.10. The summed E-state index contributed by atoms with van der Waals surface area (Å²) in [6.45, 7) is 0. The number of ketones is 1. The highest BCUT2D eigenvalue weighted by Crippen LogP contribution is 2.21. The van der Waals surface area contributed by atoms with Crippen LogP contribution < -0.4 is 5.56 Å². The second-order valence-corrected chi connectivity index (χ2v) is 5.51. The molecule has 0 fully saturated rings. The summed E-state index contributed by atoms with van der Waals surface area (Å²) in [7, 11) is 0. The Morgan fingerprint density at radius 3 is 2.36 bits per heavy atom. The van der Waals surface area contributed by atoms with E-state index in [0.29, 0.717) is 10.7 Å². The van der Waals surface area contributed by atoms with Gasteiger partial charge in [0.25, 0.3) is 5.56 Å². The van der Waals surface area contributed by atoms with E-state index in [1.54, 1.807) is 48.5 Å². The summed E-state index contributed by atoms with van der Waals surface area (Å²) >= 11 is 5.83. The van der Waals surface area contributed by atoms with Gasteiger partial charge in [-0.3, -0.25) is 9.59 Å². The van der Waals surface area contributed by atoms with Crippen molar-refractivity contribution in [3.8, 4) is 17.5 Å². The van der Waals surface area contributed by atoms with Crippen LogP contribution in [-0.4, -0.2) is 20.7 Å². The molecule has 1 aromatic heterocycles. The van der Waals surface area contributed by atoms with Crippen molar-refractivity contribution in [3.05, 3.63) is 86.8 Å². The number of nitriles is 1. The lowest BCUT2D eigenvalue weighted by atomic mass is 10.1. The molecule has 0 saturated heterocycles. The molecule has 0 unspecified atom stereocenters. The third-order valence-electron chi connectivity index (χ3n) is 3.50. The smallest absolute Gasteiger partial charge is 0.293 e. The highest BCUT2D eigenvalue weighted by atomic mass is 35.5. The van der Waals surface area contributed by atoms with Gasteiger partial charge in [-0.25, -0.2) is 0 Å². The van der Waals surface area contributed by atoms with Crippen molar-refractivity contribution in [1.82, 2.24) is 9.78 Å². The van der Waals surface area contributed by atoms with Crippen LogP contribution in [0, 0.1) is 11.3 Å². The maximum atomic E-state index is 12.6. The van der Waals surface area contributed by atoms with Gasteiger partial charge in [0.1, 0.15) is 6.07 Å². The van der Waals surface area contributed by atoms with Crippen molar-refractivity contribution in [2.24, 2.45) is 0 Å². The number of aromatic nitrogens is 2. The molecule has 0 radical (unpaired) electrons. The summed E-state index contributed by atoms with van der Waals surface area (Å²) < 4.78 is 0.894. The standard InChI is InChI=1S/C18H10ClN3O3/c19-12-6-8-13(9-7-12)22-18(25)14(10-20)17(24)15(21-22)16(23)11-4-2-1-3-5-11/h1-9,24H. The van der Waals surface area contributed by atoms with E-state index in [1.165, 1.54) is 12.1 Å². The van der Waals surface area contributed by atoms with Crippen molar-refractivity contribution in [2.45, 2.75) is 0 Å². The molecule has 122 valence electrons. The third kappa shape index (κ3) is 3.01. The normalized spacial score (nSPS) is 10.2. The van der Waals surface area contributed by atoms with Crippen molar-refractivity contribution < 1.29 is 9.90 Å². The average molecular weight is 352 g/mol. The fraction of sp³-hybridized carbons (Fsp3) is 0. The van der Waals surface area contributed by atoms with Crippen LogP contribution in [0.15, 0.2) is 59.4 Å². The number of carbonyl (C=O) groups excluding carboxylic acids is 1. The van der Waals surface area contributed by atoms with Crippen LogP contribution in [0.2, 0.25) is 5.02 Å². The summed E-state index contributed by atoms with van der Waals surface area (Å²) in [5, 5.41) is 23.8. The molecule has 0 aliphatic rings. The van der Waals surface area contributed by atoms with Gasteiger partial charge in [0.2, 0.25) is 5.78 Å². The van der Waals surface area contributed by atoms with Gasteiger partial charge in [-0.05, 0) is 24.3 Å². The lowest BCUT2D eigenvalue weighted by molar-refractivity contribution is 0.102. The molecular weight excluding hydrogens is 342 g/mol. The van der Waals surface area contributed by atoms with Crippen LogP contribution in [0.3, 0.4) is 0 Å². The molecule has 6 nitrogen and oxygen atoms in total. The molecular formula is C18H10ClN3O3. The minimum atomic E-state index is -0.827. The molecule has 0 spiro atoms. The molecule has 0 aliphatic heterocycles. The highest BCUT2D eigenvalue weighted by Gasteiger charge is 2.23. The monoisotopic (exact) mass is 351 g/mol. The van der Waals surface area contributed by atoms with E-state index in [1.807, 2.05) is 0 Å². The predicted molar refractivity (Wildman–Crippen MR) is 91.1 cm³/mol. The Morgan fingerprint density at radius 2 is 1.76 bits per heavy atom. The number of nitrogens with zero attached hydrogens (tertiary/aromatic N) is 3. The Hall–Kier alpha value is -3.43. The average Bonchev–Trinajstić information content (AvgIpc) is 2.63. The summed E-state index contributed by atoms with van der Waals surface area (Å²) in [5.41, 5.74) is -1.17. The van der Waals surface area contributed by atoms with Gasteiger partial charge in [0.05, 0.1) is 5.69 Å². The van der Waals surface area contributed by atoms with Crippen LogP contribution >= 0.6 is 11.6 Å². The number of halogens is 1. The first-order valence-corrected chi connectivity index (χ1v) is 7.53. The van der Waals surface area contributed by atoms with E-state index in [2.05, 4.69) is 5.10 Å². The number of rotatable bonds is 3. The van der Waals surface area contributed by atoms with Crippen molar-refractivity contribution in [2.75, 3.05) is 0 Å². The molecule has 2 aromatic carbocycles. The Bertz CT molecular complexity index is 1050. The fourth-order valence-corrected chi connectivity index (χ4v) is 2.38. The van der Waals surface area contributed by atoms with Gasteiger partial charge in [0.15, 0.2) is 17.0 Å². The van der Waals surface area contributed by atoms with Crippen LogP contribution in [0.5, 0.6) is 5.75 Å². The zero-order chi connectivity index (χ0) is 18.0. The summed E-state index contributed by atoms with van der Waals surface area (Å²) in [6, 6.07) is 15.9. The van der Waals surface area contributed by atoms with E-state index in [-0.39, 0.29) is 11.3 Å². The number of hydrogen-bond donors (Lipinski definition) is 1. The van der Waals surface area contributed by atoms with E-state index in [4.69, 9.17) is 11.6 Å². The van der Waals surface area contributed by atoms with Gasteiger partial charge in [-0.2, -0.15) is 15.0 Å². The minimum absolute atomic E-state index is 0.274. The SMILES string of the molecule is N#Cc1c(O)c(C(=O)c2ccccc2)nn(-c2ccc(Cl)cc2)c1=O. The van der Waals surface area contributed by atoms with Gasteiger partial charge in [0, 0.05) is 10.6 Å². The van der Waals surface area contributed by atoms with E-state index < -0.39 is 22.7 Å². The molecule has 25 heavy (non-hydrogen) atoms. The molecule has 3 aromatic rings. The Morgan fingerprint density at radius 1 is 1.12 bits per heavy atom. The second kappa shape index (κ2) is 6.59. The van der Waals surface area contributed by atoms with Crippen LogP contribution in [0.1, 0.15) is 21.6 Å². The molecule has 0 aliphatic carbocycles. The number of hydrogen-bond acceptors (Lipinski definition) is 5. The summed E-state index contributed by atoms with van der Waals surface area (Å²) in [4.78, 5) is 25.0. The Labute approximate surface area is 147 Å². The van der Waals surface area contributed by atoms with E-state index in [0.717, 1.165) is 4.68 Å². The lowest BCUT2D eigenvalue weighted by Crippen LogP contribution is -2.26. The molecule has 0 amide bonds. The van der Waals surface area contributed by atoms with Gasteiger partial charge < -0.3 is 5.11 Å². The quantitative estimate of drug-likeness (QED) is 0.732. The molecule has 1 heterocycles. The topological polar surface area (TPSA) is 96.0 Å². The number of aromatic hydroxyl groups is 1. The number of benzene rings is 2. The van der Waals surface area contributed by atoms with Crippen molar-refractivity contribution in [1.29, 1.82) is 5.26 Å². The molecule has 0 bridgehead atoms. The zero-order valence-corrected chi connectivity index (χ0v) is 13.4. The molecule has 3 rings (SSSR count). The van der Waals surface area contributed by atoms with Crippen molar-refractivity contribution in [3.63, 3.8) is 0 Å². The minimum Gasteiger partial charge on any atom is -0.504 e. The van der Waals surface area contributed by atoms with E-state index in [9.17, 15) is 20.0 Å². The largest absolute Gasteiger partial charge is 0.504 e. The van der Waals surface area contributed by atoms with Crippen molar-refractivity contribution >= 4 is 17.4 Å². The highest BCUT2D eigenvalue weighted by molar-refractivity contribution is 6.30. The zero-order valence-electron chi connectivity index (χ0n) is 12.7. The maximum Gasteiger partial charge on any atom is 0.293 e. The summed E-state index contributed by atoms with van der Waals surface area (Å²) in [5.74, 6) is -1.33. The third-order valence-corrected chi connectivity index (χ3v) is 3.75. The van der Waals surface area contributed by atoms with Gasteiger partial charge in [-0.15, -0.1) is 0 Å². The van der Waals surface area contributed by atoms with Gasteiger partial charge in [-0.1, -0.05) is 41.9 Å². The van der Waals surface area contributed by atoms with E-state index >= 15 is 0 Å². The molecule has 0 atom stereocenters. The van der Waals surface area contributed by atoms with Gasteiger partial charge >= 0.3 is 0 Å². The predicted octanol–water partition coefficient (Wildman–Crippen LogP) is 2.69. The fourth-order valence-electron chi connectivity index (χ4n) is 2.26. The first-order chi connectivity index (χ1) is 12.0. The molecule has 1 N–H and O–H groups in total. The van der Waals surface area contributed by atoms with Crippen LogP contribution in [0.25, 0.3) is 5.69 Å². The Kier molecular flexibility index (Phi) is 4.33. The first kappa shape index (κ1) is 16.4. The second-order valence-electron chi connectivity index (χ2n) is 5.07. The Balaban J connectivity index is 2.25. The maximum absolute atomic E-state index is 12.6. The molecule has 7 heteroatoms. The first-order valence-electron chi connectivity index (χ1n) is 7.15.